The van der Waals surface area contributed by atoms with Gasteiger partial charge in [0.1, 0.15) is 17.5 Å². The average molecular weight is 392 g/mol. The fourth-order valence-electron chi connectivity index (χ4n) is 2.71. The second-order valence-electron chi connectivity index (χ2n) is 6.70. The summed E-state index contributed by atoms with van der Waals surface area (Å²) in [7, 11) is 0. The first kappa shape index (κ1) is 20.4. The molecule has 3 aromatic heterocycles. The van der Waals surface area contributed by atoms with Gasteiger partial charge in [-0.05, 0) is 48.7 Å². The number of nitrogens with one attached hydrogen (secondary N) is 4. The lowest BCUT2D eigenvalue weighted by molar-refractivity contribution is 0.966. The van der Waals surface area contributed by atoms with Gasteiger partial charge >= 0.3 is 0 Å². The van der Waals surface area contributed by atoms with Gasteiger partial charge in [-0.1, -0.05) is 19.1 Å². The zero-order chi connectivity index (χ0) is 20.3. The second-order valence-corrected chi connectivity index (χ2v) is 6.70. The fraction of sp³-hybridized carbons (Fsp3) is 0.318. The monoisotopic (exact) mass is 391 g/mol. The van der Waals surface area contributed by atoms with Crippen LogP contribution in [0.3, 0.4) is 0 Å². The molecule has 7 heteroatoms. The van der Waals surface area contributed by atoms with Gasteiger partial charge in [-0.15, -0.1) is 0 Å². The minimum absolute atomic E-state index is 0.678. The van der Waals surface area contributed by atoms with Crippen molar-refractivity contribution >= 4 is 23.1 Å². The molecule has 0 amide bonds. The Kier molecular flexibility index (Phi) is 7.63. The lowest BCUT2D eigenvalue weighted by atomic mass is 10.2. The Balaban J connectivity index is 1.44. The van der Waals surface area contributed by atoms with Gasteiger partial charge in [0.2, 0.25) is 0 Å². The van der Waals surface area contributed by atoms with Crippen molar-refractivity contribution in [2.24, 2.45) is 0 Å². The van der Waals surface area contributed by atoms with Crippen molar-refractivity contribution in [2.45, 2.75) is 33.4 Å². The van der Waals surface area contributed by atoms with Crippen molar-refractivity contribution in [3.05, 3.63) is 66.1 Å². The maximum Gasteiger partial charge on any atom is 0.126 e. The SMILES string of the molecule is CCCNc1ccc(CNc2ccc(CNc3ccc(NCC)cn3)cn2)cn1. The third kappa shape index (κ3) is 6.64. The molecule has 0 aliphatic carbocycles. The summed E-state index contributed by atoms with van der Waals surface area (Å²) in [6, 6.07) is 12.1. The summed E-state index contributed by atoms with van der Waals surface area (Å²) >= 11 is 0. The molecule has 0 saturated heterocycles. The number of nitrogens with zero attached hydrogens (tertiary/aromatic N) is 3. The molecular weight excluding hydrogens is 362 g/mol. The van der Waals surface area contributed by atoms with Crippen molar-refractivity contribution in [1.82, 2.24) is 15.0 Å². The molecule has 0 saturated carbocycles. The fourth-order valence-corrected chi connectivity index (χ4v) is 2.71. The second kappa shape index (κ2) is 10.8. The zero-order valence-electron chi connectivity index (χ0n) is 17.1. The van der Waals surface area contributed by atoms with Gasteiger partial charge in [0.15, 0.2) is 0 Å². The van der Waals surface area contributed by atoms with Crippen LogP contribution in [0.15, 0.2) is 55.0 Å². The number of hydrogen-bond acceptors (Lipinski definition) is 7. The van der Waals surface area contributed by atoms with Crippen LogP contribution in [0.25, 0.3) is 0 Å². The number of rotatable bonds is 11. The van der Waals surface area contributed by atoms with E-state index < -0.39 is 0 Å². The van der Waals surface area contributed by atoms with Gasteiger partial charge in [0, 0.05) is 38.6 Å². The molecule has 4 N–H and O–H groups in total. The van der Waals surface area contributed by atoms with E-state index >= 15 is 0 Å². The lowest BCUT2D eigenvalue weighted by Crippen LogP contribution is -2.05. The molecule has 0 spiro atoms. The van der Waals surface area contributed by atoms with Crippen LogP contribution >= 0.6 is 0 Å². The molecule has 0 radical (unpaired) electrons. The van der Waals surface area contributed by atoms with Gasteiger partial charge in [-0.3, -0.25) is 0 Å². The molecule has 0 unspecified atom stereocenters. The molecule has 0 aliphatic heterocycles. The summed E-state index contributed by atoms with van der Waals surface area (Å²) < 4.78 is 0. The van der Waals surface area contributed by atoms with Crippen molar-refractivity contribution < 1.29 is 0 Å². The average Bonchev–Trinajstić information content (AvgIpc) is 2.77. The first-order valence-corrected chi connectivity index (χ1v) is 10.1. The molecular formula is C22H29N7. The Morgan fingerprint density at radius 2 is 1.17 bits per heavy atom. The van der Waals surface area contributed by atoms with E-state index in [2.05, 4.69) is 62.2 Å². The maximum absolute atomic E-state index is 4.49. The molecule has 7 nitrogen and oxygen atoms in total. The van der Waals surface area contributed by atoms with Crippen LogP contribution < -0.4 is 21.3 Å². The first-order chi connectivity index (χ1) is 14.3. The smallest absolute Gasteiger partial charge is 0.126 e. The Bertz CT molecular complexity index is 846. The van der Waals surface area contributed by atoms with E-state index in [0.29, 0.717) is 13.1 Å². The standard InChI is InChI=1S/C22H29N7/c1-3-11-24-20-8-5-17(12-25-20)13-26-21-9-6-18(14-27-21)15-28-22-10-7-19(16-29-22)23-4-2/h5-10,12,14,16,23H,3-4,11,13,15H2,1-2H3,(H,24,25)(H,26,27)(H,28,29). The van der Waals surface area contributed by atoms with E-state index in [0.717, 1.165) is 53.8 Å². The van der Waals surface area contributed by atoms with Crippen LogP contribution in [0, 0.1) is 0 Å². The summed E-state index contributed by atoms with van der Waals surface area (Å²) in [4.78, 5) is 13.3. The molecule has 0 aliphatic rings. The van der Waals surface area contributed by atoms with Crippen LogP contribution in [-0.2, 0) is 13.1 Å². The Morgan fingerprint density at radius 3 is 1.62 bits per heavy atom. The number of pyridine rings is 3. The Labute approximate surface area is 172 Å². The van der Waals surface area contributed by atoms with Crippen LogP contribution in [0.4, 0.5) is 23.1 Å². The van der Waals surface area contributed by atoms with Gasteiger partial charge in [-0.2, -0.15) is 0 Å². The van der Waals surface area contributed by atoms with E-state index in [1.54, 1.807) is 0 Å². The highest BCUT2D eigenvalue weighted by Gasteiger charge is 2.00. The predicted octanol–water partition coefficient (Wildman–Crippen LogP) is 4.35. The molecule has 0 aromatic carbocycles. The van der Waals surface area contributed by atoms with Crippen molar-refractivity contribution in [3.63, 3.8) is 0 Å². The highest BCUT2D eigenvalue weighted by Crippen LogP contribution is 2.12. The molecule has 0 bridgehead atoms. The topological polar surface area (TPSA) is 86.8 Å². The Morgan fingerprint density at radius 1 is 0.621 bits per heavy atom. The number of aromatic nitrogens is 3. The third-order valence-corrected chi connectivity index (χ3v) is 4.30. The van der Waals surface area contributed by atoms with Gasteiger partial charge in [0.25, 0.3) is 0 Å². The largest absolute Gasteiger partial charge is 0.384 e. The number of hydrogen-bond donors (Lipinski definition) is 4. The summed E-state index contributed by atoms with van der Waals surface area (Å²) in [6.07, 6.45) is 6.68. The van der Waals surface area contributed by atoms with E-state index in [4.69, 9.17) is 0 Å². The molecule has 3 rings (SSSR count). The van der Waals surface area contributed by atoms with Gasteiger partial charge < -0.3 is 21.3 Å². The van der Waals surface area contributed by atoms with E-state index in [9.17, 15) is 0 Å². The molecule has 29 heavy (non-hydrogen) atoms. The van der Waals surface area contributed by atoms with Crippen LogP contribution in [0.1, 0.15) is 31.4 Å². The van der Waals surface area contributed by atoms with Gasteiger partial charge in [-0.25, -0.2) is 15.0 Å². The minimum Gasteiger partial charge on any atom is -0.384 e. The number of anilines is 4. The zero-order valence-corrected chi connectivity index (χ0v) is 17.1. The van der Waals surface area contributed by atoms with Crippen LogP contribution in [0.5, 0.6) is 0 Å². The van der Waals surface area contributed by atoms with Crippen LogP contribution in [-0.4, -0.2) is 28.0 Å². The first-order valence-electron chi connectivity index (χ1n) is 10.1. The van der Waals surface area contributed by atoms with E-state index in [1.807, 2.05) is 42.9 Å². The van der Waals surface area contributed by atoms with Gasteiger partial charge in [0.05, 0.1) is 11.9 Å². The summed E-state index contributed by atoms with van der Waals surface area (Å²) in [6.45, 7) is 7.39. The van der Waals surface area contributed by atoms with Crippen molar-refractivity contribution in [1.29, 1.82) is 0 Å². The predicted molar refractivity (Wildman–Crippen MR) is 120 cm³/mol. The van der Waals surface area contributed by atoms with Crippen molar-refractivity contribution in [3.8, 4) is 0 Å². The molecule has 152 valence electrons. The maximum atomic E-state index is 4.49. The highest BCUT2D eigenvalue weighted by molar-refractivity contribution is 5.47. The van der Waals surface area contributed by atoms with Crippen molar-refractivity contribution in [2.75, 3.05) is 34.4 Å². The molecule has 3 heterocycles. The van der Waals surface area contributed by atoms with E-state index in [-0.39, 0.29) is 0 Å². The third-order valence-electron chi connectivity index (χ3n) is 4.30. The highest BCUT2D eigenvalue weighted by atomic mass is 15.0. The van der Waals surface area contributed by atoms with Crippen LogP contribution in [0.2, 0.25) is 0 Å². The quantitative estimate of drug-likeness (QED) is 0.386. The summed E-state index contributed by atoms with van der Waals surface area (Å²) in [5.74, 6) is 2.60. The molecule has 3 aromatic rings. The minimum atomic E-state index is 0.678. The normalized spacial score (nSPS) is 10.4. The summed E-state index contributed by atoms with van der Waals surface area (Å²) in [5.41, 5.74) is 3.24. The molecule has 0 fully saturated rings. The van der Waals surface area contributed by atoms with E-state index in [1.165, 1.54) is 0 Å². The molecule has 0 atom stereocenters. The Hall–Kier alpha value is -3.35. The lowest BCUT2D eigenvalue weighted by Gasteiger charge is -2.09. The summed E-state index contributed by atoms with van der Waals surface area (Å²) in [5, 5.41) is 13.2.